The Kier molecular flexibility index (Phi) is 6.72. The van der Waals surface area contributed by atoms with Gasteiger partial charge in [-0.2, -0.15) is 0 Å². The van der Waals surface area contributed by atoms with E-state index in [2.05, 4.69) is 15.4 Å². The fourth-order valence-electron chi connectivity index (χ4n) is 2.32. The number of amides is 1. The monoisotopic (exact) mass is 403 g/mol. The molecular weight excluding hydrogens is 374 g/mol. The molecule has 152 valence electrons. The van der Waals surface area contributed by atoms with Crippen LogP contribution in [0.2, 0.25) is 0 Å². The average Bonchev–Trinajstić information content (AvgIpc) is 2.59. The van der Waals surface area contributed by atoms with E-state index in [1.54, 1.807) is 39.0 Å². The minimum absolute atomic E-state index is 0.0818. The lowest BCUT2D eigenvalue weighted by atomic mass is 10.1. The van der Waals surface area contributed by atoms with E-state index in [0.717, 1.165) is 11.3 Å². The summed E-state index contributed by atoms with van der Waals surface area (Å²) >= 11 is 0. The van der Waals surface area contributed by atoms with Crippen LogP contribution in [0, 0.1) is 0 Å². The highest BCUT2D eigenvalue weighted by Crippen LogP contribution is 2.20. The Bertz CT molecular complexity index is 915. The molecule has 7 heteroatoms. The van der Waals surface area contributed by atoms with Crippen LogP contribution in [0.4, 0.5) is 11.4 Å². The summed E-state index contributed by atoms with van der Waals surface area (Å²) in [5.74, 6) is -0.103. The highest BCUT2D eigenvalue weighted by Gasteiger charge is 2.28. The van der Waals surface area contributed by atoms with Crippen LogP contribution in [-0.4, -0.2) is 25.1 Å². The van der Waals surface area contributed by atoms with Gasteiger partial charge in [-0.15, -0.1) is 0 Å². The largest absolute Gasteiger partial charge is 0.381 e. The molecule has 3 N–H and O–H groups in total. The van der Waals surface area contributed by atoms with E-state index in [1.165, 1.54) is 0 Å². The van der Waals surface area contributed by atoms with Gasteiger partial charge in [-0.1, -0.05) is 18.2 Å². The summed E-state index contributed by atoms with van der Waals surface area (Å²) in [5.41, 5.74) is 2.97. The molecule has 2 aromatic rings. The van der Waals surface area contributed by atoms with E-state index in [9.17, 15) is 13.2 Å². The molecule has 0 heterocycles. The molecule has 0 atom stereocenters. The standard InChI is InChI=1S/C21H29N3O3S/c1-15(2)23-20(25)17-7-6-8-19(13-17)22-14-16-9-11-18(12-10-16)24-28(26,27)21(3,4)5/h6-13,15,22,24H,14H2,1-5H3,(H,23,25). The molecule has 0 aliphatic heterocycles. The molecule has 0 aliphatic rings. The zero-order valence-corrected chi connectivity index (χ0v) is 17.9. The van der Waals surface area contributed by atoms with Crippen molar-refractivity contribution in [2.45, 2.75) is 52.0 Å². The predicted octanol–water partition coefficient (Wildman–Crippen LogP) is 3.98. The number of benzene rings is 2. The zero-order chi connectivity index (χ0) is 20.9. The second-order valence-corrected chi connectivity index (χ2v) is 10.4. The average molecular weight is 404 g/mol. The van der Waals surface area contributed by atoms with E-state index in [0.29, 0.717) is 17.8 Å². The second kappa shape index (κ2) is 8.65. The Morgan fingerprint density at radius 3 is 2.21 bits per heavy atom. The summed E-state index contributed by atoms with van der Waals surface area (Å²) in [5, 5.41) is 6.16. The van der Waals surface area contributed by atoms with Crippen molar-refractivity contribution in [3.05, 3.63) is 59.7 Å². The summed E-state index contributed by atoms with van der Waals surface area (Å²) in [6.45, 7) is 9.37. The molecule has 0 aromatic heterocycles. The van der Waals surface area contributed by atoms with Crippen molar-refractivity contribution in [1.82, 2.24) is 5.32 Å². The van der Waals surface area contributed by atoms with Gasteiger partial charge >= 0.3 is 0 Å². The third-order valence-corrected chi connectivity index (χ3v) is 6.17. The molecule has 0 fully saturated rings. The fraction of sp³-hybridized carbons (Fsp3) is 0.381. The highest BCUT2D eigenvalue weighted by molar-refractivity contribution is 7.94. The molecule has 28 heavy (non-hydrogen) atoms. The summed E-state index contributed by atoms with van der Waals surface area (Å²) in [6, 6.07) is 14.6. The molecule has 0 spiro atoms. The van der Waals surface area contributed by atoms with Gasteiger partial charge in [0.1, 0.15) is 0 Å². The molecule has 2 aromatic carbocycles. The SMILES string of the molecule is CC(C)NC(=O)c1cccc(NCc2ccc(NS(=O)(=O)C(C)(C)C)cc2)c1. The maximum absolute atomic E-state index is 12.2. The van der Waals surface area contributed by atoms with E-state index in [4.69, 9.17) is 0 Å². The van der Waals surface area contributed by atoms with Gasteiger partial charge in [0.2, 0.25) is 10.0 Å². The van der Waals surface area contributed by atoms with Crippen molar-refractivity contribution < 1.29 is 13.2 Å². The molecule has 0 radical (unpaired) electrons. The highest BCUT2D eigenvalue weighted by atomic mass is 32.2. The first-order valence-corrected chi connectivity index (χ1v) is 10.7. The van der Waals surface area contributed by atoms with E-state index in [1.807, 2.05) is 44.2 Å². The van der Waals surface area contributed by atoms with E-state index < -0.39 is 14.8 Å². The van der Waals surface area contributed by atoms with Crippen molar-refractivity contribution in [3.63, 3.8) is 0 Å². The summed E-state index contributed by atoms with van der Waals surface area (Å²) in [4.78, 5) is 12.1. The van der Waals surface area contributed by atoms with Crippen molar-refractivity contribution in [3.8, 4) is 0 Å². The molecule has 0 aliphatic carbocycles. The number of hydrogen-bond donors (Lipinski definition) is 3. The third kappa shape index (κ3) is 5.99. The first-order chi connectivity index (χ1) is 13.0. The van der Waals surface area contributed by atoms with Crippen molar-refractivity contribution in [2.75, 3.05) is 10.0 Å². The van der Waals surface area contributed by atoms with Crippen LogP contribution < -0.4 is 15.4 Å². The van der Waals surface area contributed by atoms with Gasteiger partial charge in [0, 0.05) is 29.5 Å². The van der Waals surface area contributed by atoms with E-state index >= 15 is 0 Å². The second-order valence-electron chi connectivity index (χ2n) is 7.98. The minimum atomic E-state index is -3.44. The number of rotatable bonds is 7. The predicted molar refractivity (Wildman–Crippen MR) is 115 cm³/mol. The molecule has 0 bridgehead atoms. The maximum atomic E-state index is 12.2. The van der Waals surface area contributed by atoms with Crippen LogP contribution in [0.15, 0.2) is 48.5 Å². The molecule has 0 saturated carbocycles. The number of carbonyl (C=O) groups is 1. The van der Waals surface area contributed by atoms with Crippen molar-refractivity contribution in [1.29, 1.82) is 0 Å². The maximum Gasteiger partial charge on any atom is 0.251 e. The van der Waals surface area contributed by atoms with E-state index in [-0.39, 0.29) is 11.9 Å². The van der Waals surface area contributed by atoms with Crippen LogP contribution in [-0.2, 0) is 16.6 Å². The fourth-order valence-corrected chi connectivity index (χ4v) is 3.07. The Hall–Kier alpha value is -2.54. The van der Waals surface area contributed by atoms with Crippen LogP contribution in [0.25, 0.3) is 0 Å². The number of sulfonamides is 1. The third-order valence-electron chi connectivity index (χ3n) is 4.05. The molecule has 2 rings (SSSR count). The molecule has 0 saturated heterocycles. The minimum Gasteiger partial charge on any atom is -0.381 e. The summed E-state index contributed by atoms with van der Waals surface area (Å²) < 4.78 is 26.2. The van der Waals surface area contributed by atoms with Gasteiger partial charge in [-0.05, 0) is 70.5 Å². The topological polar surface area (TPSA) is 87.3 Å². The Balaban J connectivity index is 2.00. The molecule has 6 nitrogen and oxygen atoms in total. The van der Waals surface area contributed by atoms with Crippen LogP contribution in [0.5, 0.6) is 0 Å². The lowest BCUT2D eigenvalue weighted by molar-refractivity contribution is 0.0943. The zero-order valence-electron chi connectivity index (χ0n) is 17.0. The van der Waals surface area contributed by atoms with Crippen LogP contribution in [0.1, 0.15) is 50.5 Å². The van der Waals surface area contributed by atoms with Crippen LogP contribution in [0.3, 0.4) is 0 Å². The number of hydrogen-bond acceptors (Lipinski definition) is 4. The first kappa shape index (κ1) is 21.8. The normalized spacial score (nSPS) is 11.9. The summed E-state index contributed by atoms with van der Waals surface area (Å²) in [6.07, 6.45) is 0. The molecule has 0 unspecified atom stereocenters. The Morgan fingerprint density at radius 2 is 1.64 bits per heavy atom. The van der Waals surface area contributed by atoms with Crippen LogP contribution >= 0.6 is 0 Å². The van der Waals surface area contributed by atoms with Gasteiger partial charge in [-0.3, -0.25) is 9.52 Å². The Morgan fingerprint density at radius 1 is 1.00 bits per heavy atom. The quantitative estimate of drug-likeness (QED) is 0.653. The van der Waals surface area contributed by atoms with Crippen molar-refractivity contribution in [2.24, 2.45) is 0 Å². The number of carbonyl (C=O) groups excluding carboxylic acids is 1. The lowest BCUT2D eigenvalue weighted by Crippen LogP contribution is -2.33. The van der Waals surface area contributed by atoms with Crippen molar-refractivity contribution >= 4 is 27.3 Å². The number of nitrogens with one attached hydrogen (secondary N) is 3. The van der Waals surface area contributed by atoms with Gasteiger partial charge < -0.3 is 10.6 Å². The van der Waals surface area contributed by atoms with Gasteiger partial charge in [-0.25, -0.2) is 8.42 Å². The van der Waals surface area contributed by atoms with Gasteiger partial charge in [0.15, 0.2) is 0 Å². The van der Waals surface area contributed by atoms with Gasteiger partial charge in [0.25, 0.3) is 5.91 Å². The lowest BCUT2D eigenvalue weighted by Gasteiger charge is -2.20. The Labute approximate surface area is 167 Å². The van der Waals surface area contributed by atoms with Gasteiger partial charge in [0.05, 0.1) is 4.75 Å². The molecule has 1 amide bonds. The number of anilines is 2. The molecular formula is C21H29N3O3S. The first-order valence-electron chi connectivity index (χ1n) is 9.24. The smallest absolute Gasteiger partial charge is 0.251 e. The summed E-state index contributed by atoms with van der Waals surface area (Å²) in [7, 11) is -3.44.